The molecule has 5 nitrogen and oxygen atoms in total. The molecule has 0 saturated carbocycles. The predicted molar refractivity (Wildman–Crippen MR) is 123 cm³/mol. The molecule has 1 amide bonds. The molecule has 3 rings (SSSR count). The number of carbonyl (C=O) groups is 1. The minimum absolute atomic E-state index is 0.103. The number of carbonyl (C=O) groups excluding carboxylic acids is 1. The second-order valence-corrected chi connectivity index (χ2v) is 9.71. The number of nitrogens with one attached hydrogen (secondary N) is 2. The number of rotatable bonds is 7. The van der Waals surface area contributed by atoms with Crippen molar-refractivity contribution in [1.29, 1.82) is 0 Å². The van der Waals surface area contributed by atoms with Crippen molar-refractivity contribution in [3.05, 3.63) is 93.0 Å². The van der Waals surface area contributed by atoms with Crippen molar-refractivity contribution in [3.8, 4) is 0 Å². The molecular weight excluding hydrogens is 523 g/mol. The maximum absolute atomic E-state index is 12.9. The largest absolute Gasteiger partial charge is 0.325 e. The summed E-state index contributed by atoms with van der Waals surface area (Å²) in [6.07, 6.45) is 0.205. The predicted octanol–water partition coefficient (Wildman–Crippen LogP) is 4.47. The van der Waals surface area contributed by atoms with Crippen LogP contribution in [0.15, 0.2) is 83.8 Å². The molecule has 0 aliphatic rings. The Morgan fingerprint density at radius 3 is 2.31 bits per heavy atom. The van der Waals surface area contributed by atoms with E-state index in [1.54, 1.807) is 36.4 Å². The molecular formula is C21H18ClIN2O3S. The van der Waals surface area contributed by atoms with Crippen LogP contribution in [-0.2, 0) is 21.2 Å². The molecule has 0 unspecified atom stereocenters. The Balaban J connectivity index is 1.85. The molecule has 0 aromatic heterocycles. The second-order valence-electron chi connectivity index (χ2n) is 6.32. The van der Waals surface area contributed by atoms with E-state index in [9.17, 15) is 13.2 Å². The first-order valence-electron chi connectivity index (χ1n) is 8.72. The molecule has 3 aromatic rings. The zero-order valence-corrected chi connectivity index (χ0v) is 18.9. The van der Waals surface area contributed by atoms with Crippen molar-refractivity contribution < 1.29 is 13.2 Å². The Kier molecular flexibility index (Phi) is 7.28. The molecule has 0 spiro atoms. The summed E-state index contributed by atoms with van der Waals surface area (Å²) in [6.45, 7) is 0. The van der Waals surface area contributed by atoms with Crippen molar-refractivity contribution in [2.75, 3.05) is 5.32 Å². The standard InChI is InChI=1S/C21H18ClIN2O3S/c22-16-7-4-8-18(14-16)24-21(26)20(13-15-5-2-1-3-6-15)25-29(27,28)19-11-9-17(23)10-12-19/h1-12,14,20,25H,13H2,(H,24,26)/t20-/m1/s1. The van der Waals surface area contributed by atoms with Gasteiger partial charge in [-0.15, -0.1) is 0 Å². The van der Waals surface area contributed by atoms with Crippen LogP contribution >= 0.6 is 34.2 Å². The maximum Gasteiger partial charge on any atom is 0.242 e. The van der Waals surface area contributed by atoms with E-state index in [1.165, 1.54) is 12.1 Å². The Bertz CT molecular complexity index is 1090. The third kappa shape index (κ3) is 6.27. The number of halogens is 2. The van der Waals surface area contributed by atoms with Gasteiger partial charge in [0.05, 0.1) is 4.90 Å². The fourth-order valence-corrected chi connectivity index (χ4v) is 4.45. The SMILES string of the molecule is O=C(Nc1cccc(Cl)c1)[C@@H](Cc1ccccc1)NS(=O)(=O)c1ccc(I)cc1. The van der Waals surface area contributed by atoms with Crippen LogP contribution in [0.5, 0.6) is 0 Å². The lowest BCUT2D eigenvalue weighted by molar-refractivity contribution is -0.117. The second kappa shape index (κ2) is 9.71. The van der Waals surface area contributed by atoms with Crippen LogP contribution in [0.2, 0.25) is 5.02 Å². The highest BCUT2D eigenvalue weighted by atomic mass is 127. The summed E-state index contributed by atoms with van der Waals surface area (Å²) in [6, 6.07) is 21.4. The van der Waals surface area contributed by atoms with Crippen molar-refractivity contribution in [2.45, 2.75) is 17.4 Å². The monoisotopic (exact) mass is 540 g/mol. The highest BCUT2D eigenvalue weighted by molar-refractivity contribution is 14.1. The van der Waals surface area contributed by atoms with Crippen LogP contribution in [0.25, 0.3) is 0 Å². The summed E-state index contributed by atoms with van der Waals surface area (Å²) >= 11 is 8.07. The number of anilines is 1. The summed E-state index contributed by atoms with van der Waals surface area (Å²) in [5, 5.41) is 3.21. The molecule has 2 N–H and O–H groups in total. The molecule has 0 radical (unpaired) electrons. The molecule has 0 aliphatic heterocycles. The molecule has 1 atom stereocenters. The van der Waals surface area contributed by atoms with E-state index >= 15 is 0 Å². The zero-order valence-electron chi connectivity index (χ0n) is 15.2. The Morgan fingerprint density at radius 1 is 0.966 bits per heavy atom. The van der Waals surface area contributed by atoms with Crippen LogP contribution in [-0.4, -0.2) is 20.4 Å². The first kappa shape index (κ1) is 21.8. The van der Waals surface area contributed by atoms with E-state index in [-0.39, 0.29) is 11.3 Å². The topological polar surface area (TPSA) is 75.3 Å². The Labute approximate surface area is 188 Å². The van der Waals surface area contributed by atoms with Gasteiger partial charge >= 0.3 is 0 Å². The molecule has 0 aliphatic carbocycles. The summed E-state index contributed by atoms with van der Waals surface area (Å²) in [7, 11) is -3.88. The quantitative estimate of drug-likeness (QED) is 0.434. The molecule has 29 heavy (non-hydrogen) atoms. The van der Waals surface area contributed by atoms with E-state index in [4.69, 9.17) is 11.6 Å². The number of hydrogen-bond acceptors (Lipinski definition) is 3. The van der Waals surface area contributed by atoms with Crippen molar-refractivity contribution >= 4 is 55.8 Å². The molecule has 0 fully saturated rings. The lowest BCUT2D eigenvalue weighted by Crippen LogP contribution is -2.45. The molecule has 0 heterocycles. The summed E-state index contributed by atoms with van der Waals surface area (Å²) in [5.41, 5.74) is 1.33. The lowest BCUT2D eigenvalue weighted by atomic mass is 10.1. The van der Waals surface area contributed by atoms with Crippen LogP contribution < -0.4 is 10.0 Å². The first-order valence-corrected chi connectivity index (χ1v) is 11.7. The van der Waals surface area contributed by atoms with Gasteiger partial charge in [-0.05, 0) is 77.0 Å². The highest BCUT2D eigenvalue weighted by Crippen LogP contribution is 2.17. The number of amides is 1. The summed E-state index contributed by atoms with van der Waals surface area (Å²) in [4.78, 5) is 13.0. The normalized spacial score (nSPS) is 12.3. The van der Waals surface area contributed by atoms with Crippen LogP contribution in [0.3, 0.4) is 0 Å². The molecule has 0 bridgehead atoms. The van der Waals surface area contributed by atoms with Crippen molar-refractivity contribution in [1.82, 2.24) is 4.72 Å². The van der Waals surface area contributed by atoms with Gasteiger partial charge in [0, 0.05) is 14.3 Å². The van der Waals surface area contributed by atoms with Gasteiger partial charge in [-0.2, -0.15) is 4.72 Å². The number of sulfonamides is 1. The van der Waals surface area contributed by atoms with E-state index < -0.39 is 22.0 Å². The van der Waals surface area contributed by atoms with E-state index in [0.29, 0.717) is 10.7 Å². The van der Waals surface area contributed by atoms with Gasteiger partial charge in [0.1, 0.15) is 6.04 Å². The average Bonchev–Trinajstić information content (AvgIpc) is 2.68. The van der Waals surface area contributed by atoms with Gasteiger partial charge in [-0.25, -0.2) is 8.42 Å². The van der Waals surface area contributed by atoms with Crippen molar-refractivity contribution in [3.63, 3.8) is 0 Å². The first-order chi connectivity index (χ1) is 13.8. The molecule has 8 heteroatoms. The zero-order chi connectivity index (χ0) is 20.9. The molecule has 3 aromatic carbocycles. The smallest absolute Gasteiger partial charge is 0.242 e. The third-order valence-electron chi connectivity index (χ3n) is 4.11. The van der Waals surface area contributed by atoms with Crippen molar-refractivity contribution in [2.24, 2.45) is 0 Å². The van der Waals surface area contributed by atoms with E-state index in [1.807, 2.05) is 30.3 Å². The van der Waals surface area contributed by atoms with Gasteiger partial charge in [0.25, 0.3) is 0 Å². The molecule has 0 saturated heterocycles. The Morgan fingerprint density at radius 2 is 1.66 bits per heavy atom. The van der Waals surface area contributed by atoms with E-state index in [2.05, 4.69) is 32.6 Å². The van der Waals surface area contributed by atoms with Gasteiger partial charge in [-0.1, -0.05) is 48.0 Å². The number of hydrogen-bond donors (Lipinski definition) is 2. The average molecular weight is 541 g/mol. The fourth-order valence-electron chi connectivity index (χ4n) is 2.70. The summed E-state index contributed by atoms with van der Waals surface area (Å²) < 4.78 is 29.1. The van der Waals surface area contributed by atoms with Crippen LogP contribution in [0.4, 0.5) is 5.69 Å². The third-order valence-corrected chi connectivity index (χ3v) is 6.55. The fraction of sp³-hybridized carbons (Fsp3) is 0.0952. The lowest BCUT2D eigenvalue weighted by Gasteiger charge is -2.19. The van der Waals surface area contributed by atoms with Gasteiger partial charge in [0.2, 0.25) is 15.9 Å². The van der Waals surface area contributed by atoms with Crippen LogP contribution in [0.1, 0.15) is 5.56 Å². The highest BCUT2D eigenvalue weighted by Gasteiger charge is 2.26. The summed E-state index contributed by atoms with van der Waals surface area (Å²) in [5.74, 6) is -0.467. The number of benzene rings is 3. The maximum atomic E-state index is 12.9. The van der Waals surface area contributed by atoms with Gasteiger partial charge in [-0.3, -0.25) is 4.79 Å². The van der Waals surface area contributed by atoms with Crippen LogP contribution in [0, 0.1) is 3.57 Å². The van der Waals surface area contributed by atoms with Gasteiger partial charge in [0.15, 0.2) is 0 Å². The van der Waals surface area contributed by atoms with Gasteiger partial charge < -0.3 is 5.32 Å². The van der Waals surface area contributed by atoms with E-state index in [0.717, 1.165) is 9.13 Å². The molecule has 150 valence electrons. The minimum atomic E-state index is -3.88. The Hall–Kier alpha value is -1.94. The minimum Gasteiger partial charge on any atom is -0.325 e.